The van der Waals surface area contributed by atoms with E-state index in [1.54, 1.807) is 21.3 Å². The lowest BCUT2D eigenvalue weighted by atomic mass is 9.81. The molecule has 1 atom stereocenters. The number of rotatable bonds is 8. The number of hydrogen-bond donors (Lipinski definition) is 1. The molecule has 2 aromatic rings. The molecule has 0 aliphatic heterocycles. The first kappa shape index (κ1) is 32.3. The zero-order valence-corrected chi connectivity index (χ0v) is 29.1. The average molecular weight is 589 g/mol. The van der Waals surface area contributed by atoms with E-state index in [4.69, 9.17) is 23.1 Å². The lowest BCUT2D eigenvalue weighted by Gasteiger charge is -2.41. The van der Waals surface area contributed by atoms with E-state index in [0.717, 1.165) is 41.9 Å². The van der Waals surface area contributed by atoms with Crippen LogP contribution in [0.1, 0.15) is 77.5 Å². The van der Waals surface area contributed by atoms with E-state index in [0.29, 0.717) is 29.2 Å². The Hall–Kier alpha value is -2.17. The third-order valence-corrected chi connectivity index (χ3v) is 18.0. The van der Waals surface area contributed by atoms with Crippen LogP contribution in [-0.2, 0) is 12.0 Å². The van der Waals surface area contributed by atoms with E-state index >= 15 is 0 Å². The molecule has 6 nitrogen and oxygen atoms in total. The summed E-state index contributed by atoms with van der Waals surface area (Å²) in [5, 5.41) is 12.6. The summed E-state index contributed by atoms with van der Waals surface area (Å²) in [5.41, 5.74) is 1.34. The van der Waals surface area contributed by atoms with Crippen molar-refractivity contribution in [3.63, 3.8) is 0 Å². The van der Waals surface area contributed by atoms with Crippen LogP contribution in [0.5, 0.6) is 28.7 Å². The monoisotopic (exact) mass is 588 g/mol. The van der Waals surface area contributed by atoms with Crippen LogP contribution < -0.4 is 23.1 Å². The summed E-state index contributed by atoms with van der Waals surface area (Å²) in [6.45, 7) is 22.6. The third-order valence-electron chi connectivity index (χ3n) is 9.36. The quantitative estimate of drug-likeness (QED) is 0.247. The average Bonchev–Trinajstić information content (AvgIpc) is 3.02. The highest BCUT2D eigenvalue weighted by molar-refractivity contribution is 6.75. The predicted molar refractivity (Wildman–Crippen MR) is 169 cm³/mol. The molecule has 0 saturated heterocycles. The Morgan fingerprint density at radius 3 is 1.70 bits per heavy atom. The number of aliphatic hydroxyl groups is 1. The second kappa shape index (κ2) is 11.3. The van der Waals surface area contributed by atoms with Gasteiger partial charge in [-0.3, -0.25) is 0 Å². The molecule has 0 heterocycles. The highest BCUT2D eigenvalue weighted by Crippen LogP contribution is 2.51. The Bertz CT molecular complexity index is 1180. The minimum Gasteiger partial charge on any atom is -0.541 e. The molecule has 0 bridgehead atoms. The van der Waals surface area contributed by atoms with Crippen molar-refractivity contribution in [2.24, 2.45) is 0 Å². The number of ether oxygens (including phenoxy) is 3. The summed E-state index contributed by atoms with van der Waals surface area (Å²) in [5.74, 6) is 3.15. The van der Waals surface area contributed by atoms with Crippen molar-refractivity contribution < 1.29 is 28.2 Å². The van der Waals surface area contributed by atoms with Crippen LogP contribution in [0, 0.1) is 0 Å². The molecule has 1 N–H and O–H groups in total. The van der Waals surface area contributed by atoms with E-state index in [1.165, 1.54) is 0 Å². The van der Waals surface area contributed by atoms with Gasteiger partial charge in [-0.15, -0.1) is 0 Å². The van der Waals surface area contributed by atoms with E-state index in [2.05, 4.69) is 67.7 Å². The van der Waals surface area contributed by atoms with Gasteiger partial charge in [0.05, 0.1) is 21.3 Å². The Labute approximate surface area is 244 Å². The van der Waals surface area contributed by atoms with Crippen molar-refractivity contribution in [3.8, 4) is 28.7 Å². The summed E-state index contributed by atoms with van der Waals surface area (Å²) in [6, 6.07) is 7.80. The molecule has 1 aliphatic rings. The molecule has 8 heteroatoms. The number of benzene rings is 2. The van der Waals surface area contributed by atoms with Gasteiger partial charge in [-0.05, 0) is 91.3 Å². The zero-order chi connectivity index (χ0) is 30.3. The topological polar surface area (TPSA) is 66.4 Å². The second-order valence-corrected chi connectivity index (χ2v) is 23.6. The summed E-state index contributed by atoms with van der Waals surface area (Å²) < 4.78 is 30.9. The maximum absolute atomic E-state index is 12.6. The van der Waals surface area contributed by atoms with Crippen LogP contribution in [0.4, 0.5) is 0 Å². The molecule has 2 aromatic carbocycles. The number of fused-ring (bicyclic) bond motifs is 1. The first-order chi connectivity index (χ1) is 18.3. The van der Waals surface area contributed by atoms with Gasteiger partial charge in [0.2, 0.25) is 5.75 Å². The van der Waals surface area contributed by atoms with Gasteiger partial charge in [0.25, 0.3) is 16.6 Å². The molecule has 0 radical (unpaired) electrons. The van der Waals surface area contributed by atoms with Crippen molar-refractivity contribution in [2.75, 3.05) is 21.3 Å². The SMILES string of the molecule is COc1cc(C2(O)CCCCc3c2ccc(O[Si](C)(C)C(C)(C)C)c3O[Si](C)(C)C(C)(C)C)cc(OC)c1OC. The molecule has 0 aromatic heterocycles. The molecule has 0 fully saturated rings. The molecule has 1 unspecified atom stereocenters. The fourth-order valence-corrected chi connectivity index (χ4v) is 6.76. The van der Waals surface area contributed by atoms with Crippen LogP contribution >= 0.6 is 0 Å². The lowest BCUT2D eigenvalue weighted by molar-refractivity contribution is 0.0696. The van der Waals surface area contributed by atoms with Gasteiger partial charge in [0.15, 0.2) is 11.5 Å². The normalized spacial score (nSPS) is 18.4. The summed E-state index contributed by atoms with van der Waals surface area (Å²) in [6.07, 6.45) is 3.18. The van der Waals surface area contributed by atoms with Crippen molar-refractivity contribution in [2.45, 2.75) is 109 Å². The van der Waals surface area contributed by atoms with Crippen molar-refractivity contribution in [1.29, 1.82) is 0 Å². The second-order valence-electron chi connectivity index (χ2n) is 14.1. The highest BCUT2D eigenvalue weighted by Gasteiger charge is 2.45. The molecular weight excluding hydrogens is 537 g/mol. The molecule has 0 amide bonds. The van der Waals surface area contributed by atoms with E-state index in [1.807, 2.05) is 24.3 Å². The number of hydrogen-bond acceptors (Lipinski definition) is 6. The first-order valence-electron chi connectivity index (χ1n) is 14.4. The van der Waals surface area contributed by atoms with Gasteiger partial charge in [0, 0.05) is 5.56 Å². The standard InChI is InChI=1S/C32H52O6Si2/c1-30(2,3)39(10,11)37-25-18-17-24-23(28(25)38-40(12,13)31(4,5)6)16-14-15-19-32(24,33)22-20-26(34-7)29(36-9)27(21-22)35-8/h17-18,20-21,33H,14-16,19H2,1-13H3. The highest BCUT2D eigenvalue weighted by atomic mass is 28.4. The molecule has 1 aliphatic carbocycles. The Balaban J connectivity index is 2.33. The predicted octanol–water partition coefficient (Wildman–Crippen LogP) is 8.44. The molecule has 0 saturated carbocycles. The molecule has 40 heavy (non-hydrogen) atoms. The Morgan fingerprint density at radius 2 is 1.23 bits per heavy atom. The molecule has 224 valence electrons. The summed E-state index contributed by atoms with van der Waals surface area (Å²) >= 11 is 0. The summed E-state index contributed by atoms with van der Waals surface area (Å²) in [7, 11) is 0.376. The van der Waals surface area contributed by atoms with Crippen LogP contribution in [0.3, 0.4) is 0 Å². The van der Waals surface area contributed by atoms with Gasteiger partial charge in [-0.1, -0.05) is 47.6 Å². The fourth-order valence-electron chi connectivity index (χ4n) is 4.71. The van der Waals surface area contributed by atoms with Crippen LogP contribution in [0.2, 0.25) is 36.3 Å². The van der Waals surface area contributed by atoms with Crippen molar-refractivity contribution >= 4 is 16.6 Å². The van der Waals surface area contributed by atoms with Crippen LogP contribution in [0.15, 0.2) is 24.3 Å². The van der Waals surface area contributed by atoms with E-state index in [-0.39, 0.29) is 10.1 Å². The number of methoxy groups -OCH3 is 3. The fraction of sp³-hybridized carbons (Fsp3) is 0.625. The Kier molecular flexibility index (Phi) is 9.10. The molecule has 0 spiro atoms. The minimum atomic E-state index is -2.24. The maximum atomic E-state index is 12.6. The lowest BCUT2D eigenvalue weighted by Crippen LogP contribution is -2.46. The zero-order valence-electron chi connectivity index (χ0n) is 27.1. The van der Waals surface area contributed by atoms with E-state index in [9.17, 15) is 5.11 Å². The van der Waals surface area contributed by atoms with Gasteiger partial charge >= 0.3 is 0 Å². The summed E-state index contributed by atoms with van der Waals surface area (Å²) in [4.78, 5) is 0. The van der Waals surface area contributed by atoms with Gasteiger partial charge in [-0.25, -0.2) is 0 Å². The third kappa shape index (κ3) is 6.04. The van der Waals surface area contributed by atoms with Crippen LogP contribution in [0.25, 0.3) is 0 Å². The van der Waals surface area contributed by atoms with Gasteiger partial charge in [0.1, 0.15) is 17.1 Å². The van der Waals surface area contributed by atoms with Crippen molar-refractivity contribution in [1.82, 2.24) is 0 Å². The smallest absolute Gasteiger partial charge is 0.250 e. The van der Waals surface area contributed by atoms with Gasteiger partial charge < -0.3 is 28.2 Å². The van der Waals surface area contributed by atoms with Crippen LogP contribution in [-0.4, -0.2) is 43.1 Å². The Morgan fingerprint density at radius 1 is 0.700 bits per heavy atom. The van der Waals surface area contributed by atoms with Crippen molar-refractivity contribution in [3.05, 3.63) is 41.0 Å². The van der Waals surface area contributed by atoms with Gasteiger partial charge in [-0.2, -0.15) is 0 Å². The van der Waals surface area contributed by atoms with E-state index < -0.39 is 22.2 Å². The first-order valence-corrected chi connectivity index (χ1v) is 20.2. The molecule has 3 rings (SSSR count). The minimum absolute atomic E-state index is 0.00170. The molecular formula is C32H52O6Si2. The maximum Gasteiger partial charge on any atom is 0.250 e. The largest absolute Gasteiger partial charge is 0.541 e.